The van der Waals surface area contributed by atoms with Crippen molar-refractivity contribution in [3.8, 4) is 0 Å². The summed E-state index contributed by atoms with van der Waals surface area (Å²) in [6.45, 7) is 3.04. The standard InChI is InChI=1S/C22H29N5O2/c1-25-15-19(14-24-25)2-3-20(28)26-12-8-22(9-13-26)7-4-21(29)27(17-22)16-18-5-10-23-11-6-18/h5-6,10-11,14-15H,2-4,7-9,12-13,16-17H2,1H3. The summed E-state index contributed by atoms with van der Waals surface area (Å²) in [6.07, 6.45) is 12.1. The van der Waals surface area contributed by atoms with Crippen molar-refractivity contribution in [2.24, 2.45) is 12.5 Å². The van der Waals surface area contributed by atoms with Gasteiger partial charge in [0.05, 0.1) is 6.20 Å². The van der Waals surface area contributed by atoms with Crippen LogP contribution in [0.4, 0.5) is 0 Å². The van der Waals surface area contributed by atoms with Crippen molar-refractivity contribution in [1.29, 1.82) is 0 Å². The van der Waals surface area contributed by atoms with Crippen molar-refractivity contribution >= 4 is 11.8 Å². The molecule has 0 aliphatic carbocycles. The van der Waals surface area contributed by atoms with Gasteiger partial charge in [-0.25, -0.2) is 0 Å². The van der Waals surface area contributed by atoms with Crippen molar-refractivity contribution in [1.82, 2.24) is 24.6 Å². The van der Waals surface area contributed by atoms with E-state index in [9.17, 15) is 9.59 Å². The second-order valence-corrected chi connectivity index (χ2v) is 8.51. The van der Waals surface area contributed by atoms with Gasteiger partial charge in [0.15, 0.2) is 0 Å². The zero-order valence-corrected chi connectivity index (χ0v) is 17.1. The van der Waals surface area contributed by atoms with Crippen LogP contribution in [0, 0.1) is 5.41 Å². The molecule has 2 aliphatic heterocycles. The van der Waals surface area contributed by atoms with Crippen LogP contribution in [-0.4, -0.2) is 56.0 Å². The number of hydrogen-bond acceptors (Lipinski definition) is 4. The van der Waals surface area contributed by atoms with Crippen LogP contribution >= 0.6 is 0 Å². The summed E-state index contributed by atoms with van der Waals surface area (Å²) < 4.78 is 1.77. The first kappa shape index (κ1) is 19.6. The highest BCUT2D eigenvalue weighted by Crippen LogP contribution is 2.40. The fraction of sp³-hybridized carbons (Fsp3) is 0.545. The van der Waals surface area contributed by atoms with Crippen molar-refractivity contribution in [2.75, 3.05) is 19.6 Å². The summed E-state index contributed by atoms with van der Waals surface area (Å²) >= 11 is 0. The number of pyridine rings is 1. The molecule has 2 aromatic rings. The van der Waals surface area contributed by atoms with E-state index in [0.717, 1.165) is 56.4 Å². The van der Waals surface area contributed by atoms with Gasteiger partial charge in [0.2, 0.25) is 11.8 Å². The third kappa shape index (κ3) is 4.66. The first-order chi connectivity index (χ1) is 14.0. The molecule has 154 valence electrons. The Morgan fingerprint density at radius 2 is 1.90 bits per heavy atom. The lowest BCUT2D eigenvalue weighted by Crippen LogP contribution is -2.52. The highest BCUT2D eigenvalue weighted by Gasteiger charge is 2.41. The first-order valence-electron chi connectivity index (χ1n) is 10.5. The Labute approximate surface area is 171 Å². The Morgan fingerprint density at radius 1 is 1.14 bits per heavy atom. The Hall–Kier alpha value is -2.70. The van der Waals surface area contributed by atoms with Crippen LogP contribution in [0.3, 0.4) is 0 Å². The van der Waals surface area contributed by atoms with Crippen LogP contribution in [-0.2, 0) is 29.6 Å². The molecule has 29 heavy (non-hydrogen) atoms. The molecule has 0 saturated carbocycles. The normalized spacial score (nSPS) is 19.0. The fourth-order valence-corrected chi connectivity index (χ4v) is 4.60. The number of piperidine rings is 2. The molecule has 0 aromatic carbocycles. The third-order valence-electron chi connectivity index (χ3n) is 6.43. The number of nitrogens with zero attached hydrogens (tertiary/aromatic N) is 5. The van der Waals surface area contributed by atoms with Crippen LogP contribution in [0.5, 0.6) is 0 Å². The maximum absolute atomic E-state index is 12.6. The van der Waals surface area contributed by atoms with Crippen LogP contribution in [0.1, 0.15) is 43.2 Å². The molecule has 7 nitrogen and oxygen atoms in total. The monoisotopic (exact) mass is 395 g/mol. The molecule has 0 bridgehead atoms. The minimum absolute atomic E-state index is 0.154. The summed E-state index contributed by atoms with van der Waals surface area (Å²) in [4.78, 5) is 33.2. The van der Waals surface area contributed by atoms with Crippen molar-refractivity contribution < 1.29 is 9.59 Å². The van der Waals surface area contributed by atoms with E-state index in [4.69, 9.17) is 0 Å². The molecular weight excluding hydrogens is 366 g/mol. The Kier molecular flexibility index (Phi) is 5.65. The number of carbonyl (C=O) groups excluding carboxylic acids is 2. The zero-order chi connectivity index (χ0) is 20.3. The molecular formula is C22H29N5O2. The maximum Gasteiger partial charge on any atom is 0.222 e. The number of aryl methyl sites for hydroxylation is 2. The Balaban J connectivity index is 1.30. The minimum Gasteiger partial charge on any atom is -0.343 e. The van der Waals surface area contributed by atoms with E-state index < -0.39 is 0 Å². The van der Waals surface area contributed by atoms with E-state index in [1.54, 1.807) is 17.1 Å². The molecule has 2 fully saturated rings. The molecule has 4 rings (SSSR count). The molecule has 0 N–H and O–H groups in total. The molecule has 2 aromatic heterocycles. The highest BCUT2D eigenvalue weighted by atomic mass is 16.2. The number of amides is 2. The lowest BCUT2D eigenvalue weighted by Gasteiger charge is -2.47. The second-order valence-electron chi connectivity index (χ2n) is 8.51. The third-order valence-corrected chi connectivity index (χ3v) is 6.43. The van der Waals surface area contributed by atoms with E-state index in [-0.39, 0.29) is 17.2 Å². The van der Waals surface area contributed by atoms with Gasteiger partial charge in [-0.3, -0.25) is 19.3 Å². The topological polar surface area (TPSA) is 71.3 Å². The number of likely N-dealkylation sites (tertiary alicyclic amines) is 2. The predicted molar refractivity (Wildman–Crippen MR) is 109 cm³/mol. The van der Waals surface area contributed by atoms with Crippen LogP contribution in [0.2, 0.25) is 0 Å². The number of hydrogen-bond donors (Lipinski definition) is 0. The molecule has 7 heteroatoms. The van der Waals surface area contributed by atoms with E-state index in [1.165, 1.54) is 0 Å². The molecule has 0 radical (unpaired) electrons. The Bertz CT molecular complexity index is 855. The average Bonchev–Trinajstić information content (AvgIpc) is 3.16. The molecule has 0 atom stereocenters. The molecule has 2 aliphatic rings. The molecule has 4 heterocycles. The summed E-state index contributed by atoms with van der Waals surface area (Å²) in [5.74, 6) is 0.464. The van der Waals surface area contributed by atoms with Crippen molar-refractivity contribution in [3.05, 3.63) is 48.0 Å². The zero-order valence-electron chi connectivity index (χ0n) is 17.1. The van der Waals surface area contributed by atoms with Gasteiger partial charge in [-0.1, -0.05) is 0 Å². The Morgan fingerprint density at radius 3 is 2.59 bits per heavy atom. The van der Waals surface area contributed by atoms with Gasteiger partial charge in [0.25, 0.3) is 0 Å². The lowest BCUT2D eigenvalue weighted by molar-refractivity contribution is -0.143. The fourth-order valence-electron chi connectivity index (χ4n) is 4.60. The van der Waals surface area contributed by atoms with Gasteiger partial charge < -0.3 is 9.80 Å². The van der Waals surface area contributed by atoms with E-state index in [0.29, 0.717) is 19.4 Å². The molecule has 0 unspecified atom stereocenters. The smallest absolute Gasteiger partial charge is 0.222 e. The largest absolute Gasteiger partial charge is 0.343 e. The van der Waals surface area contributed by atoms with Gasteiger partial charge in [-0.15, -0.1) is 0 Å². The van der Waals surface area contributed by atoms with Crippen LogP contribution in [0.15, 0.2) is 36.9 Å². The van der Waals surface area contributed by atoms with Crippen molar-refractivity contribution in [3.63, 3.8) is 0 Å². The predicted octanol–water partition coefficient (Wildman–Crippen LogP) is 2.18. The maximum atomic E-state index is 12.6. The lowest BCUT2D eigenvalue weighted by atomic mass is 9.72. The quantitative estimate of drug-likeness (QED) is 0.778. The van der Waals surface area contributed by atoms with E-state index in [2.05, 4.69) is 10.1 Å². The van der Waals surface area contributed by atoms with Gasteiger partial charge in [0.1, 0.15) is 0 Å². The number of aromatic nitrogens is 3. The van der Waals surface area contributed by atoms with Gasteiger partial charge in [-0.05, 0) is 54.4 Å². The molecule has 2 amide bonds. The summed E-state index contributed by atoms with van der Waals surface area (Å²) in [6, 6.07) is 3.94. The van der Waals surface area contributed by atoms with Gasteiger partial charge in [-0.2, -0.15) is 5.10 Å². The van der Waals surface area contributed by atoms with E-state index in [1.807, 2.05) is 41.4 Å². The summed E-state index contributed by atoms with van der Waals surface area (Å²) in [5.41, 5.74) is 2.38. The molecule has 1 spiro atoms. The minimum atomic E-state index is 0.154. The number of carbonyl (C=O) groups is 2. The van der Waals surface area contributed by atoms with Gasteiger partial charge in [0, 0.05) is 64.7 Å². The van der Waals surface area contributed by atoms with Crippen LogP contribution in [0.25, 0.3) is 0 Å². The van der Waals surface area contributed by atoms with Gasteiger partial charge >= 0.3 is 0 Å². The average molecular weight is 396 g/mol. The second kappa shape index (κ2) is 8.35. The highest BCUT2D eigenvalue weighted by molar-refractivity contribution is 5.78. The van der Waals surface area contributed by atoms with E-state index >= 15 is 0 Å². The number of rotatable bonds is 5. The summed E-state index contributed by atoms with van der Waals surface area (Å²) in [5, 5.41) is 4.16. The van der Waals surface area contributed by atoms with Crippen LogP contribution < -0.4 is 0 Å². The SMILES string of the molecule is Cn1cc(CCC(=O)N2CCC3(CCC(=O)N(Cc4ccncc4)C3)CC2)cn1. The molecule has 2 saturated heterocycles. The summed E-state index contributed by atoms with van der Waals surface area (Å²) in [7, 11) is 1.89. The first-order valence-corrected chi connectivity index (χ1v) is 10.5. The van der Waals surface area contributed by atoms with Crippen molar-refractivity contribution in [2.45, 2.75) is 45.1 Å².